The number of carbonyl (C=O) groups excluding carboxylic acids is 2. The van der Waals surface area contributed by atoms with Gasteiger partial charge in [0.05, 0.1) is 10.6 Å². The normalized spacial score (nSPS) is 12.1. The fourth-order valence-corrected chi connectivity index (χ4v) is 3.96. The number of nitrogens with one attached hydrogen (secondary N) is 1. The third-order valence-electron chi connectivity index (χ3n) is 3.23. The third kappa shape index (κ3) is 3.85. The molecule has 1 unspecified atom stereocenters. The Morgan fingerprint density at radius 3 is 2.88 bits per heavy atom. The lowest BCUT2D eigenvalue weighted by Gasteiger charge is -2.13. The van der Waals surface area contributed by atoms with Gasteiger partial charge in [0, 0.05) is 11.4 Å². The fraction of sp³-hybridized carbons (Fsp3) is 0.333. The summed E-state index contributed by atoms with van der Waals surface area (Å²) in [7, 11) is 0. The van der Waals surface area contributed by atoms with Gasteiger partial charge < -0.3 is 5.73 Å². The van der Waals surface area contributed by atoms with Gasteiger partial charge >= 0.3 is 6.03 Å². The molecule has 0 saturated heterocycles. The number of aryl methyl sites for hydroxylation is 1. The molecule has 2 aromatic rings. The van der Waals surface area contributed by atoms with E-state index < -0.39 is 17.2 Å². The monoisotopic (exact) mass is 366 g/mol. The van der Waals surface area contributed by atoms with Crippen molar-refractivity contribution in [2.24, 2.45) is 5.73 Å². The van der Waals surface area contributed by atoms with Crippen molar-refractivity contribution < 1.29 is 9.59 Å². The van der Waals surface area contributed by atoms with Crippen LogP contribution in [0.25, 0.3) is 10.2 Å². The average molecular weight is 366 g/mol. The molecule has 24 heavy (non-hydrogen) atoms. The molecule has 0 aliphatic heterocycles. The number of hydrogen-bond acceptors (Lipinski definition) is 6. The molecule has 0 fully saturated rings. The SMILES string of the molecule is C=CCn1c(SC(C)C(=O)NC(N)=O)nc2sc(CC)cc2c1=O. The van der Waals surface area contributed by atoms with Crippen molar-refractivity contribution in [2.45, 2.75) is 37.2 Å². The largest absolute Gasteiger partial charge is 0.351 e. The minimum absolute atomic E-state index is 0.166. The summed E-state index contributed by atoms with van der Waals surface area (Å²) in [4.78, 5) is 41.6. The van der Waals surface area contributed by atoms with E-state index in [0.717, 1.165) is 23.1 Å². The topological polar surface area (TPSA) is 107 Å². The van der Waals surface area contributed by atoms with Gasteiger partial charge in [0.2, 0.25) is 5.91 Å². The van der Waals surface area contributed by atoms with Gasteiger partial charge in [-0.1, -0.05) is 24.8 Å². The number of hydrogen-bond donors (Lipinski definition) is 2. The first-order chi connectivity index (χ1) is 11.4. The van der Waals surface area contributed by atoms with E-state index in [2.05, 4.69) is 11.6 Å². The van der Waals surface area contributed by atoms with E-state index in [1.807, 2.05) is 18.3 Å². The molecule has 2 aromatic heterocycles. The lowest BCUT2D eigenvalue weighted by atomic mass is 10.3. The number of primary amides is 1. The van der Waals surface area contributed by atoms with Crippen LogP contribution < -0.4 is 16.6 Å². The number of nitrogens with zero attached hydrogens (tertiary/aromatic N) is 2. The summed E-state index contributed by atoms with van der Waals surface area (Å²) in [6.45, 7) is 7.57. The number of amides is 3. The quantitative estimate of drug-likeness (QED) is 0.461. The van der Waals surface area contributed by atoms with Gasteiger partial charge in [0.15, 0.2) is 5.16 Å². The Morgan fingerprint density at radius 1 is 1.58 bits per heavy atom. The third-order valence-corrected chi connectivity index (χ3v) is 5.49. The molecule has 2 heterocycles. The van der Waals surface area contributed by atoms with Crippen LogP contribution in [0.3, 0.4) is 0 Å². The summed E-state index contributed by atoms with van der Waals surface area (Å²) in [6.07, 6.45) is 2.42. The number of urea groups is 1. The Bertz CT molecular complexity index is 856. The van der Waals surface area contributed by atoms with Crippen LogP contribution in [0.1, 0.15) is 18.7 Å². The van der Waals surface area contributed by atoms with Crippen LogP contribution in [0, 0.1) is 0 Å². The number of rotatable bonds is 6. The van der Waals surface area contributed by atoms with E-state index in [0.29, 0.717) is 15.4 Å². The van der Waals surface area contributed by atoms with Crippen LogP contribution >= 0.6 is 23.1 Å². The van der Waals surface area contributed by atoms with E-state index in [1.165, 1.54) is 15.9 Å². The average Bonchev–Trinajstić information content (AvgIpc) is 2.93. The zero-order valence-corrected chi connectivity index (χ0v) is 15.0. The van der Waals surface area contributed by atoms with Crippen LogP contribution in [0.4, 0.5) is 4.79 Å². The minimum Gasteiger partial charge on any atom is -0.351 e. The van der Waals surface area contributed by atoms with E-state index in [1.54, 1.807) is 13.0 Å². The smallest absolute Gasteiger partial charge is 0.318 e. The minimum atomic E-state index is -0.912. The molecule has 128 valence electrons. The Balaban J connectivity index is 2.45. The first-order valence-corrected chi connectivity index (χ1v) is 8.98. The highest BCUT2D eigenvalue weighted by atomic mass is 32.2. The molecule has 0 aliphatic rings. The summed E-state index contributed by atoms with van der Waals surface area (Å²) in [5.41, 5.74) is 4.79. The molecular weight excluding hydrogens is 348 g/mol. The highest BCUT2D eigenvalue weighted by Crippen LogP contribution is 2.27. The Kier molecular flexibility index (Phi) is 5.79. The second-order valence-electron chi connectivity index (χ2n) is 5.00. The van der Waals surface area contributed by atoms with Crippen LogP contribution in [0.2, 0.25) is 0 Å². The summed E-state index contributed by atoms with van der Waals surface area (Å²) in [5.74, 6) is -0.535. The summed E-state index contributed by atoms with van der Waals surface area (Å²) < 4.78 is 1.47. The van der Waals surface area contributed by atoms with Gasteiger partial charge in [-0.3, -0.25) is 19.5 Å². The second-order valence-corrected chi connectivity index (χ2v) is 7.42. The van der Waals surface area contributed by atoms with Crippen molar-refractivity contribution in [3.05, 3.63) is 34.0 Å². The number of thiophene rings is 1. The molecule has 0 bridgehead atoms. The van der Waals surface area contributed by atoms with Crippen LogP contribution in [-0.2, 0) is 17.8 Å². The first-order valence-electron chi connectivity index (χ1n) is 7.28. The van der Waals surface area contributed by atoms with Crippen molar-refractivity contribution in [2.75, 3.05) is 0 Å². The van der Waals surface area contributed by atoms with Gasteiger partial charge in [-0.25, -0.2) is 9.78 Å². The molecule has 2 rings (SSSR count). The van der Waals surface area contributed by atoms with Crippen molar-refractivity contribution in [1.82, 2.24) is 14.9 Å². The predicted molar refractivity (Wildman–Crippen MR) is 96.5 cm³/mol. The van der Waals surface area contributed by atoms with Crippen molar-refractivity contribution in [1.29, 1.82) is 0 Å². The Labute approximate surface area is 146 Å². The van der Waals surface area contributed by atoms with E-state index in [4.69, 9.17) is 5.73 Å². The van der Waals surface area contributed by atoms with Crippen molar-refractivity contribution in [3.63, 3.8) is 0 Å². The molecule has 3 amide bonds. The second kappa shape index (κ2) is 7.63. The lowest BCUT2D eigenvalue weighted by Crippen LogP contribution is -2.39. The molecule has 1 atom stereocenters. The number of aromatic nitrogens is 2. The number of nitrogens with two attached hydrogens (primary N) is 1. The number of imide groups is 1. The Hall–Kier alpha value is -2.13. The zero-order chi connectivity index (χ0) is 17.9. The molecule has 0 spiro atoms. The highest BCUT2D eigenvalue weighted by molar-refractivity contribution is 8.00. The standard InChI is InChI=1S/C15H18N4O3S2/c1-4-6-19-13(21)10-7-9(5-2)24-12(10)18-15(19)23-8(3)11(20)17-14(16)22/h4,7-8H,1,5-6H2,2-3H3,(H3,16,17,20,22). The molecule has 3 N–H and O–H groups in total. The van der Waals surface area contributed by atoms with Gasteiger partial charge in [0.1, 0.15) is 4.83 Å². The lowest BCUT2D eigenvalue weighted by molar-refractivity contribution is -0.119. The molecule has 0 saturated carbocycles. The molecule has 0 radical (unpaired) electrons. The number of allylic oxidation sites excluding steroid dienone is 1. The molecule has 7 nitrogen and oxygen atoms in total. The number of fused-ring (bicyclic) bond motifs is 1. The highest BCUT2D eigenvalue weighted by Gasteiger charge is 2.20. The van der Waals surface area contributed by atoms with Gasteiger partial charge in [-0.15, -0.1) is 17.9 Å². The summed E-state index contributed by atoms with van der Waals surface area (Å²) >= 11 is 2.56. The molecule has 0 aromatic carbocycles. The fourth-order valence-electron chi connectivity index (χ4n) is 2.04. The van der Waals surface area contributed by atoms with Crippen molar-refractivity contribution in [3.8, 4) is 0 Å². The summed E-state index contributed by atoms with van der Waals surface area (Å²) in [5, 5.41) is 2.36. The predicted octanol–water partition coefficient (Wildman–Crippen LogP) is 1.88. The maximum Gasteiger partial charge on any atom is 0.318 e. The maximum absolute atomic E-state index is 12.7. The van der Waals surface area contributed by atoms with Gasteiger partial charge in [0.25, 0.3) is 5.56 Å². The van der Waals surface area contributed by atoms with Crippen LogP contribution in [0.5, 0.6) is 0 Å². The number of carbonyl (C=O) groups is 2. The maximum atomic E-state index is 12.7. The number of thioether (sulfide) groups is 1. The van der Waals surface area contributed by atoms with Gasteiger partial charge in [-0.05, 0) is 19.4 Å². The Morgan fingerprint density at radius 2 is 2.29 bits per heavy atom. The van der Waals surface area contributed by atoms with Crippen LogP contribution in [-0.4, -0.2) is 26.7 Å². The first kappa shape index (κ1) is 18.2. The van der Waals surface area contributed by atoms with Gasteiger partial charge in [-0.2, -0.15) is 0 Å². The van der Waals surface area contributed by atoms with Crippen LogP contribution in [0.15, 0.2) is 28.7 Å². The zero-order valence-electron chi connectivity index (χ0n) is 13.4. The van der Waals surface area contributed by atoms with Crippen molar-refractivity contribution >= 4 is 45.3 Å². The van der Waals surface area contributed by atoms with E-state index in [-0.39, 0.29) is 12.1 Å². The molecule has 0 aliphatic carbocycles. The molecule has 9 heteroatoms. The van der Waals surface area contributed by atoms with E-state index in [9.17, 15) is 14.4 Å². The molecular formula is C15H18N4O3S2. The van der Waals surface area contributed by atoms with E-state index >= 15 is 0 Å². The summed E-state index contributed by atoms with van der Waals surface area (Å²) in [6, 6.07) is 0.942.